The summed E-state index contributed by atoms with van der Waals surface area (Å²) in [6, 6.07) is 1.06. The first-order chi connectivity index (χ1) is 14.8. The lowest BCUT2D eigenvalue weighted by atomic mass is 9.60. The number of nitrogens with one attached hydrogen (secondary N) is 2. The Kier molecular flexibility index (Phi) is 5.85. The number of amides is 3. The molecule has 0 aromatic heterocycles. The van der Waals surface area contributed by atoms with Crippen LogP contribution < -0.4 is 10.6 Å². The highest BCUT2D eigenvalue weighted by atomic mass is 35.5. The maximum atomic E-state index is 12.4. The van der Waals surface area contributed by atoms with Crippen molar-refractivity contribution >= 4 is 35.1 Å². The van der Waals surface area contributed by atoms with Crippen LogP contribution in [-0.4, -0.2) is 88.0 Å². The van der Waals surface area contributed by atoms with Crippen molar-refractivity contribution in [2.75, 3.05) is 20.2 Å². The Morgan fingerprint density at radius 1 is 1.16 bits per heavy atom. The van der Waals surface area contributed by atoms with Crippen LogP contribution in [0.1, 0.15) is 39.0 Å². The van der Waals surface area contributed by atoms with Crippen LogP contribution in [0.15, 0.2) is 0 Å². The first-order valence-corrected chi connectivity index (χ1v) is 12.7. The second-order valence-corrected chi connectivity index (χ2v) is 11.5. The standard InChI is InChI=1S/C22H34Cl2N4O3/c1-10-18-14(5-6-28(10)17(30)9-29)25-21-19(18)12(8-13(23)20(21)24)11-3-4-16-15(7-11)26-22(31)27(16)2/h10-16,18-21,25,29H,3-9H2,1-2H3,(H,26,31)/t10-,11?,12?,13?,14?,15?,16?,18?,19?,20?,21?/m0/s1. The molecular formula is C22H34Cl2N4O3. The van der Waals surface area contributed by atoms with Gasteiger partial charge in [-0.25, -0.2) is 4.79 Å². The number of aliphatic hydroxyl groups is 1. The molecular weight excluding hydrogens is 439 g/mol. The fraction of sp³-hybridized carbons (Fsp3) is 0.909. The van der Waals surface area contributed by atoms with Gasteiger partial charge in [0, 0.05) is 31.7 Å². The predicted molar refractivity (Wildman–Crippen MR) is 119 cm³/mol. The van der Waals surface area contributed by atoms with E-state index in [0.717, 1.165) is 32.1 Å². The lowest BCUT2D eigenvalue weighted by Gasteiger charge is -2.50. The number of urea groups is 1. The number of fused-ring (bicyclic) bond motifs is 4. The molecule has 2 saturated carbocycles. The zero-order valence-electron chi connectivity index (χ0n) is 18.2. The smallest absolute Gasteiger partial charge is 0.317 e. The third-order valence-corrected chi connectivity index (χ3v) is 10.3. The number of carbonyl (C=O) groups is 2. The summed E-state index contributed by atoms with van der Waals surface area (Å²) >= 11 is 13.7. The lowest BCUT2D eigenvalue weighted by Crippen LogP contribution is -2.56. The predicted octanol–water partition coefficient (Wildman–Crippen LogP) is 1.60. The molecule has 9 heteroatoms. The fourth-order valence-corrected chi connectivity index (χ4v) is 8.49. The highest BCUT2D eigenvalue weighted by molar-refractivity contribution is 6.30. The van der Waals surface area contributed by atoms with Gasteiger partial charge in [0.25, 0.3) is 0 Å². The molecule has 174 valence electrons. The van der Waals surface area contributed by atoms with E-state index in [1.54, 1.807) is 0 Å². The van der Waals surface area contributed by atoms with Gasteiger partial charge < -0.3 is 25.5 Å². The van der Waals surface area contributed by atoms with E-state index in [2.05, 4.69) is 17.6 Å². The number of hydrogen-bond donors (Lipinski definition) is 3. The fourth-order valence-electron chi connectivity index (χ4n) is 7.78. The Bertz CT molecular complexity index is 742. The van der Waals surface area contributed by atoms with E-state index < -0.39 is 6.61 Å². The third-order valence-electron chi connectivity index (χ3n) is 9.18. The summed E-state index contributed by atoms with van der Waals surface area (Å²) in [5, 5.41) is 16.2. The van der Waals surface area contributed by atoms with E-state index in [1.807, 2.05) is 16.8 Å². The van der Waals surface area contributed by atoms with Gasteiger partial charge in [0.15, 0.2) is 0 Å². The highest BCUT2D eigenvalue weighted by Crippen LogP contribution is 2.53. The summed E-state index contributed by atoms with van der Waals surface area (Å²) in [6.45, 7) is 2.36. The molecule has 5 rings (SSSR count). The molecule has 0 spiro atoms. The van der Waals surface area contributed by atoms with Gasteiger partial charge in [-0.05, 0) is 62.7 Å². The molecule has 3 amide bonds. The first kappa shape index (κ1) is 22.1. The Morgan fingerprint density at radius 3 is 2.68 bits per heavy atom. The van der Waals surface area contributed by atoms with Crippen LogP contribution in [-0.2, 0) is 4.79 Å². The minimum Gasteiger partial charge on any atom is -0.387 e. The number of hydrogen-bond acceptors (Lipinski definition) is 4. The maximum absolute atomic E-state index is 12.4. The van der Waals surface area contributed by atoms with Gasteiger partial charge in [0.2, 0.25) is 5.91 Å². The van der Waals surface area contributed by atoms with Crippen molar-refractivity contribution in [2.24, 2.45) is 23.7 Å². The Hall–Kier alpha value is -0.760. The van der Waals surface area contributed by atoms with Crippen molar-refractivity contribution in [3.05, 3.63) is 0 Å². The molecule has 0 aromatic rings. The summed E-state index contributed by atoms with van der Waals surface area (Å²) in [7, 11) is 1.89. The molecule has 3 saturated heterocycles. The molecule has 7 nitrogen and oxygen atoms in total. The molecule has 5 aliphatic rings. The van der Waals surface area contributed by atoms with E-state index in [9.17, 15) is 14.7 Å². The summed E-state index contributed by atoms with van der Waals surface area (Å²) in [5.74, 6) is 1.38. The number of carbonyl (C=O) groups excluding carboxylic acids is 2. The monoisotopic (exact) mass is 472 g/mol. The van der Waals surface area contributed by atoms with Crippen LogP contribution in [0.5, 0.6) is 0 Å². The minimum absolute atomic E-state index is 0.0369. The Balaban J connectivity index is 1.41. The average molecular weight is 473 g/mol. The molecule has 2 aliphatic carbocycles. The van der Waals surface area contributed by atoms with Crippen LogP contribution in [0, 0.1) is 23.7 Å². The molecule has 3 heterocycles. The molecule has 3 aliphatic heterocycles. The van der Waals surface area contributed by atoms with Crippen molar-refractivity contribution in [3.8, 4) is 0 Å². The highest BCUT2D eigenvalue weighted by Gasteiger charge is 2.59. The third kappa shape index (κ3) is 3.46. The molecule has 0 bridgehead atoms. The largest absolute Gasteiger partial charge is 0.387 e. The molecule has 3 N–H and O–H groups in total. The van der Waals surface area contributed by atoms with Gasteiger partial charge in [-0.2, -0.15) is 0 Å². The van der Waals surface area contributed by atoms with E-state index in [0.29, 0.717) is 36.3 Å². The van der Waals surface area contributed by atoms with E-state index in [4.69, 9.17) is 23.2 Å². The van der Waals surface area contributed by atoms with Gasteiger partial charge >= 0.3 is 6.03 Å². The van der Waals surface area contributed by atoms with Crippen LogP contribution in [0.4, 0.5) is 4.79 Å². The van der Waals surface area contributed by atoms with Gasteiger partial charge in [-0.1, -0.05) is 0 Å². The number of likely N-dealkylation sites (tertiary alicyclic amines) is 1. The maximum Gasteiger partial charge on any atom is 0.317 e. The normalized spacial score (nSPS) is 49.3. The quantitative estimate of drug-likeness (QED) is 0.532. The van der Waals surface area contributed by atoms with Gasteiger partial charge in [-0.15, -0.1) is 23.2 Å². The summed E-state index contributed by atoms with van der Waals surface area (Å²) in [6.07, 6.45) is 4.86. The molecule has 0 radical (unpaired) electrons. The zero-order chi connectivity index (χ0) is 22.0. The molecule has 10 unspecified atom stereocenters. The number of piperidine rings is 1. The summed E-state index contributed by atoms with van der Waals surface area (Å²) < 4.78 is 0. The molecule has 31 heavy (non-hydrogen) atoms. The Labute approximate surface area is 194 Å². The van der Waals surface area contributed by atoms with Gasteiger partial charge in [0.05, 0.1) is 22.8 Å². The van der Waals surface area contributed by atoms with Crippen LogP contribution >= 0.6 is 23.2 Å². The van der Waals surface area contributed by atoms with E-state index in [1.165, 1.54) is 0 Å². The van der Waals surface area contributed by atoms with Crippen molar-refractivity contribution < 1.29 is 14.7 Å². The Morgan fingerprint density at radius 2 is 1.94 bits per heavy atom. The zero-order valence-corrected chi connectivity index (χ0v) is 19.7. The minimum atomic E-state index is -0.437. The number of halogens is 2. The summed E-state index contributed by atoms with van der Waals surface area (Å²) in [4.78, 5) is 28.3. The van der Waals surface area contributed by atoms with Crippen LogP contribution in [0.3, 0.4) is 0 Å². The second-order valence-electron chi connectivity index (χ2n) is 10.4. The summed E-state index contributed by atoms with van der Waals surface area (Å²) in [5.41, 5.74) is 0. The van der Waals surface area contributed by atoms with E-state index >= 15 is 0 Å². The molecule has 0 aromatic carbocycles. The number of likely N-dealkylation sites (N-methyl/N-ethyl adjacent to an activating group) is 1. The average Bonchev–Trinajstić information content (AvgIpc) is 3.28. The number of rotatable bonds is 2. The molecule has 11 atom stereocenters. The topological polar surface area (TPSA) is 84.9 Å². The first-order valence-electron chi connectivity index (χ1n) is 11.8. The van der Waals surface area contributed by atoms with E-state index in [-0.39, 0.29) is 46.9 Å². The lowest BCUT2D eigenvalue weighted by molar-refractivity contribution is -0.140. The van der Waals surface area contributed by atoms with Crippen molar-refractivity contribution in [1.82, 2.24) is 20.4 Å². The SMILES string of the molecule is C[C@H]1C2C(CCN1C(=O)CO)NC1C(Cl)C(Cl)CC(C3CCC4C(C3)NC(=O)N4C)C12. The van der Waals surface area contributed by atoms with Crippen molar-refractivity contribution in [2.45, 2.75) is 80.0 Å². The van der Waals surface area contributed by atoms with Crippen LogP contribution in [0.25, 0.3) is 0 Å². The number of nitrogens with zero attached hydrogens (tertiary/aromatic N) is 2. The van der Waals surface area contributed by atoms with Crippen molar-refractivity contribution in [1.29, 1.82) is 0 Å². The number of alkyl halides is 2. The van der Waals surface area contributed by atoms with Crippen LogP contribution in [0.2, 0.25) is 0 Å². The van der Waals surface area contributed by atoms with Crippen molar-refractivity contribution in [3.63, 3.8) is 0 Å². The number of aliphatic hydroxyl groups excluding tert-OH is 1. The second kappa shape index (κ2) is 8.23. The van der Waals surface area contributed by atoms with Gasteiger partial charge in [-0.3, -0.25) is 4.79 Å². The molecule has 5 fully saturated rings. The van der Waals surface area contributed by atoms with Gasteiger partial charge in [0.1, 0.15) is 6.61 Å².